The molecule has 1 rings (SSSR count). The third kappa shape index (κ3) is 6.29. The monoisotopic (exact) mass is 279 g/mol. The van der Waals surface area contributed by atoms with E-state index in [2.05, 4.69) is 46.0 Å². The Hall–Kier alpha value is -1.22. The van der Waals surface area contributed by atoms with Gasteiger partial charge in [-0.15, -0.1) is 0 Å². The smallest absolute Gasteiger partial charge is 0.127 e. The molecule has 0 aliphatic carbocycles. The van der Waals surface area contributed by atoms with Crippen molar-refractivity contribution in [2.24, 2.45) is 5.41 Å². The lowest BCUT2D eigenvalue weighted by Gasteiger charge is -2.20. The molecule has 0 fully saturated rings. The molecule has 0 unspecified atom stereocenters. The van der Waals surface area contributed by atoms with Crippen LogP contribution < -0.4 is 14.8 Å². The number of hydrogen-bond donors (Lipinski definition) is 1. The van der Waals surface area contributed by atoms with Crippen molar-refractivity contribution in [3.63, 3.8) is 0 Å². The molecular formula is C17H29NO2. The van der Waals surface area contributed by atoms with E-state index in [4.69, 9.17) is 9.47 Å². The van der Waals surface area contributed by atoms with Crippen molar-refractivity contribution in [1.82, 2.24) is 5.32 Å². The van der Waals surface area contributed by atoms with E-state index in [1.165, 1.54) is 5.56 Å². The van der Waals surface area contributed by atoms with Gasteiger partial charge < -0.3 is 14.8 Å². The normalized spacial score (nSPS) is 11.8. The molecule has 1 aromatic rings. The Balaban J connectivity index is 2.73. The van der Waals surface area contributed by atoms with Crippen LogP contribution in [0, 0.1) is 5.41 Å². The number of hydrogen-bond acceptors (Lipinski definition) is 3. The molecule has 0 saturated heterocycles. The Morgan fingerprint density at radius 1 is 1.20 bits per heavy atom. The summed E-state index contributed by atoms with van der Waals surface area (Å²) in [6.07, 6.45) is 1.03. The molecule has 0 saturated carbocycles. The fraction of sp³-hybridized carbons (Fsp3) is 0.647. The summed E-state index contributed by atoms with van der Waals surface area (Å²) in [6.45, 7) is 12.5. The summed E-state index contributed by atoms with van der Waals surface area (Å²) in [7, 11) is 1.68. The van der Waals surface area contributed by atoms with E-state index in [1.807, 2.05) is 12.1 Å². The fourth-order valence-corrected chi connectivity index (χ4v) is 1.72. The van der Waals surface area contributed by atoms with Crippen LogP contribution in [0.25, 0.3) is 0 Å². The first-order chi connectivity index (χ1) is 9.31. The van der Waals surface area contributed by atoms with Crippen molar-refractivity contribution >= 4 is 0 Å². The quantitative estimate of drug-likeness (QED) is 0.818. The number of ether oxygens (including phenoxy) is 2. The van der Waals surface area contributed by atoms with Gasteiger partial charge in [0.2, 0.25) is 0 Å². The molecule has 0 heterocycles. The Morgan fingerprint density at radius 3 is 2.45 bits per heavy atom. The molecule has 0 aromatic heterocycles. The Bertz CT molecular complexity index is 408. The van der Waals surface area contributed by atoms with Gasteiger partial charge in [-0.05, 0) is 17.9 Å². The first kappa shape index (κ1) is 16.8. The molecule has 0 aliphatic rings. The van der Waals surface area contributed by atoms with Crippen LogP contribution in [0.15, 0.2) is 18.2 Å². The second-order valence-electron chi connectivity index (χ2n) is 6.67. The highest BCUT2D eigenvalue weighted by Crippen LogP contribution is 2.26. The lowest BCUT2D eigenvalue weighted by atomic mass is 9.93. The summed E-state index contributed by atoms with van der Waals surface area (Å²) in [6, 6.07) is 6.48. The minimum atomic E-state index is 0.287. The first-order valence-electron chi connectivity index (χ1n) is 7.35. The molecule has 0 amide bonds. The lowest BCUT2D eigenvalue weighted by molar-refractivity contribution is 0.240. The molecule has 3 nitrogen and oxygen atoms in total. The van der Waals surface area contributed by atoms with Gasteiger partial charge in [-0.1, -0.05) is 40.7 Å². The van der Waals surface area contributed by atoms with Gasteiger partial charge in [0.25, 0.3) is 0 Å². The maximum absolute atomic E-state index is 5.97. The molecule has 20 heavy (non-hydrogen) atoms. The Labute approximate surface area is 123 Å². The molecule has 3 heteroatoms. The zero-order valence-corrected chi connectivity index (χ0v) is 13.7. The van der Waals surface area contributed by atoms with Crippen LogP contribution in [0.5, 0.6) is 11.5 Å². The Morgan fingerprint density at radius 2 is 1.90 bits per heavy atom. The SMILES string of the molecule is COc1ccc(CNC(C)C)c(OCCC(C)(C)C)c1. The molecular weight excluding hydrogens is 250 g/mol. The molecule has 0 spiro atoms. The van der Waals surface area contributed by atoms with E-state index in [0.29, 0.717) is 6.04 Å². The topological polar surface area (TPSA) is 30.5 Å². The maximum atomic E-state index is 5.97. The van der Waals surface area contributed by atoms with E-state index in [-0.39, 0.29) is 5.41 Å². The number of benzene rings is 1. The van der Waals surface area contributed by atoms with Gasteiger partial charge in [-0.3, -0.25) is 0 Å². The minimum absolute atomic E-state index is 0.287. The number of rotatable bonds is 7. The van der Waals surface area contributed by atoms with Crippen molar-refractivity contribution in [1.29, 1.82) is 0 Å². The van der Waals surface area contributed by atoms with Crippen LogP contribution >= 0.6 is 0 Å². The van der Waals surface area contributed by atoms with E-state index >= 15 is 0 Å². The summed E-state index contributed by atoms with van der Waals surface area (Å²) < 4.78 is 11.3. The van der Waals surface area contributed by atoms with Gasteiger partial charge in [0, 0.05) is 24.2 Å². The average Bonchev–Trinajstić information content (AvgIpc) is 2.35. The Kier molecular flexibility index (Phi) is 6.34. The third-order valence-corrected chi connectivity index (χ3v) is 3.08. The maximum Gasteiger partial charge on any atom is 0.127 e. The standard InChI is InChI=1S/C17H29NO2/c1-13(2)18-12-14-7-8-15(19-6)11-16(14)20-10-9-17(3,4)5/h7-8,11,13,18H,9-10,12H2,1-6H3. The zero-order valence-electron chi connectivity index (χ0n) is 13.7. The first-order valence-corrected chi connectivity index (χ1v) is 7.35. The fourth-order valence-electron chi connectivity index (χ4n) is 1.72. The molecule has 0 bridgehead atoms. The largest absolute Gasteiger partial charge is 0.497 e. The van der Waals surface area contributed by atoms with Gasteiger partial charge in [-0.25, -0.2) is 0 Å². The van der Waals surface area contributed by atoms with E-state index in [0.717, 1.165) is 31.1 Å². The predicted octanol–water partition coefficient (Wildman–Crippen LogP) is 4.01. The van der Waals surface area contributed by atoms with Crippen LogP contribution in [0.3, 0.4) is 0 Å². The molecule has 0 radical (unpaired) electrons. The van der Waals surface area contributed by atoms with Crippen molar-refractivity contribution in [2.75, 3.05) is 13.7 Å². The third-order valence-electron chi connectivity index (χ3n) is 3.08. The van der Waals surface area contributed by atoms with Gasteiger partial charge in [-0.2, -0.15) is 0 Å². The zero-order chi connectivity index (χ0) is 15.2. The van der Waals surface area contributed by atoms with Gasteiger partial charge in [0.1, 0.15) is 11.5 Å². The van der Waals surface area contributed by atoms with Crippen LogP contribution in [0.4, 0.5) is 0 Å². The highest BCUT2D eigenvalue weighted by molar-refractivity contribution is 5.40. The van der Waals surface area contributed by atoms with Crippen molar-refractivity contribution in [2.45, 2.75) is 53.6 Å². The summed E-state index contributed by atoms with van der Waals surface area (Å²) >= 11 is 0. The highest BCUT2D eigenvalue weighted by Gasteiger charge is 2.12. The average molecular weight is 279 g/mol. The summed E-state index contributed by atoms with van der Waals surface area (Å²) in [5.74, 6) is 1.76. The summed E-state index contributed by atoms with van der Waals surface area (Å²) in [5.41, 5.74) is 1.46. The second kappa shape index (κ2) is 7.53. The molecule has 0 atom stereocenters. The van der Waals surface area contributed by atoms with E-state index in [1.54, 1.807) is 7.11 Å². The van der Waals surface area contributed by atoms with Gasteiger partial charge in [0.15, 0.2) is 0 Å². The van der Waals surface area contributed by atoms with Crippen molar-refractivity contribution < 1.29 is 9.47 Å². The summed E-state index contributed by atoms with van der Waals surface area (Å²) in [5, 5.41) is 3.43. The van der Waals surface area contributed by atoms with E-state index in [9.17, 15) is 0 Å². The number of methoxy groups -OCH3 is 1. The van der Waals surface area contributed by atoms with Crippen LogP contribution in [0.1, 0.15) is 46.6 Å². The molecule has 1 aromatic carbocycles. The van der Waals surface area contributed by atoms with E-state index < -0.39 is 0 Å². The second-order valence-corrected chi connectivity index (χ2v) is 6.67. The van der Waals surface area contributed by atoms with Crippen LogP contribution in [0.2, 0.25) is 0 Å². The van der Waals surface area contributed by atoms with Crippen molar-refractivity contribution in [3.05, 3.63) is 23.8 Å². The highest BCUT2D eigenvalue weighted by atomic mass is 16.5. The molecule has 114 valence electrons. The van der Waals surface area contributed by atoms with Gasteiger partial charge >= 0.3 is 0 Å². The lowest BCUT2D eigenvalue weighted by Crippen LogP contribution is -2.22. The van der Waals surface area contributed by atoms with Crippen LogP contribution in [-0.2, 0) is 6.54 Å². The van der Waals surface area contributed by atoms with Crippen LogP contribution in [-0.4, -0.2) is 19.8 Å². The number of nitrogens with one attached hydrogen (secondary N) is 1. The summed E-state index contributed by atoms with van der Waals surface area (Å²) in [4.78, 5) is 0. The minimum Gasteiger partial charge on any atom is -0.497 e. The van der Waals surface area contributed by atoms with Gasteiger partial charge in [0.05, 0.1) is 13.7 Å². The van der Waals surface area contributed by atoms with Crippen molar-refractivity contribution in [3.8, 4) is 11.5 Å². The molecule has 1 N–H and O–H groups in total. The predicted molar refractivity (Wildman–Crippen MR) is 84.5 cm³/mol. The molecule has 0 aliphatic heterocycles.